The minimum Gasteiger partial charge on any atom is -0.352 e. The van der Waals surface area contributed by atoms with Gasteiger partial charge in [0, 0.05) is 24.5 Å². The van der Waals surface area contributed by atoms with E-state index in [-0.39, 0.29) is 17.2 Å². The molecule has 1 amide bonds. The van der Waals surface area contributed by atoms with Crippen molar-refractivity contribution in [3.8, 4) is 0 Å². The number of carbonyl (C=O) groups excluding carboxylic acids is 1. The molecule has 0 unspecified atom stereocenters. The van der Waals surface area contributed by atoms with Crippen LogP contribution in [-0.2, 0) is 27.8 Å². The summed E-state index contributed by atoms with van der Waals surface area (Å²) in [6.45, 7) is 2.58. The van der Waals surface area contributed by atoms with E-state index in [2.05, 4.69) is 5.32 Å². The predicted molar refractivity (Wildman–Crippen MR) is 126 cm³/mol. The zero-order valence-corrected chi connectivity index (χ0v) is 19.4. The summed E-state index contributed by atoms with van der Waals surface area (Å²) in [7, 11) is -3.75. The molecule has 1 N–H and O–H groups in total. The molecule has 3 aromatic carbocycles. The van der Waals surface area contributed by atoms with Gasteiger partial charge in [-0.15, -0.1) is 0 Å². The average molecular weight is 469 g/mol. The third-order valence-corrected chi connectivity index (χ3v) is 7.91. The Balaban J connectivity index is 1.59. The molecule has 0 aromatic heterocycles. The van der Waals surface area contributed by atoms with E-state index in [4.69, 9.17) is 11.6 Å². The lowest BCUT2D eigenvalue weighted by atomic mass is 9.92. The summed E-state index contributed by atoms with van der Waals surface area (Å²) in [4.78, 5) is 13.1. The van der Waals surface area contributed by atoms with E-state index in [1.54, 1.807) is 36.4 Å². The maximum absolute atomic E-state index is 13.5. The molecule has 0 aliphatic carbocycles. The van der Waals surface area contributed by atoms with Crippen LogP contribution in [0.4, 0.5) is 0 Å². The minimum absolute atomic E-state index is 0.0443. The summed E-state index contributed by atoms with van der Waals surface area (Å²) >= 11 is 6.02. The van der Waals surface area contributed by atoms with Gasteiger partial charge in [0.25, 0.3) is 0 Å². The standard InChI is InChI=1S/C25H25ClN2O3S/c1-18-9-11-22(12-10-18)32(30,31)28-14-13-20-6-2-3-8-23(20)24(28)16-25(29)27-17-19-5-4-7-21(26)15-19/h2-12,15,24H,13-14,16-17H2,1H3,(H,27,29)/t24-/m1/s1. The Morgan fingerprint density at radius 2 is 1.81 bits per heavy atom. The molecule has 3 aromatic rings. The van der Waals surface area contributed by atoms with Crippen LogP contribution in [0.25, 0.3) is 0 Å². The van der Waals surface area contributed by atoms with Gasteiger partial charge in [0.2, 0.25) is 15.9 Å². The molecule has 32 heavy (non-hydrogen) atoms. The third-order valence-electron chi connectivity index (χ3n) is 5.75. The molecule has 1 atom stereocenters. The number of rotatable bonds is 6. The molecule has 7 heteroatoms. The molecule has 0 radical (unpaired) electrons. The number of benzene rings is 3. The highest BCUT2D eigenvalue weighted by Crippen LogP contribution is 2.36. The lowest BCUT2D eigenvalue weighted by Gasteiger charge is -2.36. The number of fused-ring (bicyclic) bond motifs is 1. The molecule has 0 saturated carbocycles. The number of hydrogen-bond acceptors (Lipinski definition) is 3. The number of nitrogens with zero attached hydrogens (tertiary/aromatic N) is 1. The first-order chi connectivity index (χ1) is 15.3. The SMILES string of the molecule is Cc1ccc(S(=O)(=O)N2CCc3ccccc3[C@H]2CC(=O)NCc2cccc(Cl)c2)cc1. The van der Waals surface area contributed by atoms with Gasteiger partial charge in [-0.1, -0.05) is 65.7 Å². The third kappa shape index (κ3) is 4.88. The van der Waals surface area contributed by atoms with Crippen LogP contribution in [0.15, 0.2) is 77.7 Å². The van der Waals surface area contributed by atoms with Crippen molar-refractivity contribution in [1.29, 1.82) is 0 Å². The van der Waals surface area contributed by atoms with Crippen LogP contribution < -0.4 is 5.32 Å². The van der Waals surface area contributed by atoms with E-state index in [1.165, 1.54) is 4.31 Å². The van der Waals surface area contributed by atoms with Gasteiger partial charge in [-0.3, -0.25) is 4.79 Å². The Kier molecular flexibility index (Phi) is 6.65. The Morgan fingerprint density at radius 1 is 1.06 bits per heavy atom. The largest absolute Gasteiger partial charge is 0.352 e. The maximum atomic E-state index is 13.5. The molecule has 1 aliphatic heterocycles. The first-order valence-corrected chi connectivity index (χ1v) is 12.3. The second-order valence-corrected chi connectivity index (χ2v) is 10.3. The van der Waals surface area contributed by atoms with Gasteiger partial charge >= 0.3 is 0 Å². The van der Waals surface area contributed by atoms with Crippen molar-refractivity contribution >= 4 is 27.5 Å². The van der Waals surface area contributed by atoms with Crippen LogP contribution in [-0.4, -0.2) is 25.2 Å². The highest BCUT2D eigenvalue weighted by Gasteiger charge is 2.37. The van der Waals surface area contributed by atoms with Crippen molar-refractivity contribution in [1.82, 2.24) is 9.62 Å². The van der Waals surface area contributed by atoms with Gasteiger partial charge < -0.3 is 5.32 Å². The number of hydrogen-bond donors (Lipinski definition) is 1. The summed E-state index contributed by atoms with van der Waals surface area (Å²) in [5, 5.41) is 3.51. The van der Waals surface area contributed by atoms with Gasteiger partial charge in [0.1, 0.15) is 0 Å². The molecule has 0 bridgehead atoms. The number of carbonyl (C=O) groups is 1. The fourth-order valence-electron chi connectivity index (χ4n) is 4.07. The molecule has 5 nitrogen and oxygen atoms in total. The molecular weight excluding hydrogens is 444 g/mol. The number of nitrogens with one attached hydrogen (secondary N) is 1. The van der Waals surface area contributed by atoms with E-state index in [1.807, 2.05) is 43.3 Å². The lowest BCUT2D eigenvalue weighted by molar-refractivity contribution is -0.122. The van der Waals surface area contributed by atoms with E-state index in [9.17, 15) is 13.2 Å². The van der Waals surface area contributed by atoms with Gasteiger partial charge in [0.15, 0.2) is 0 Å². The van der Waals surface area contributed by atoms with Crippen molar-refractivity contribution < 1.29 is 13.2 Å². The maximum Gasteiger partial charge on any atom is 0.243 e. The molecular formula is C25H25ClN2O3S. The first kappa shape index (κ1) is 22.5. The summed E-state index contributed by atoms with van der Waals surface area (Å²) in [5.74, 6) is -0.212. The lowest BCUT2D eigenvalue weighted by Crippen LogP contribution is -2.42. The summed E-state index contributed by atoms with van der Waals surface area (Å²) in [5.41, 5.74) is 3.84. The van der Waals surface area contributed by atoms with Crippen LogP contribution in [0.3, 0.4) is 0 Å². The fraction of sp³-hybridized carbons (Fsp3) is 0.240. The minimum atomic E-state index is -3.75. The Bertz CT molecular complexity index is 1230. The zero-order valence-electron chi connectivity index (χ0n) is 17.8. The second-order valence-electron chi connectivity index (χ2n) is 8.00. The summed E-state index contributed by atoms with van der Waals surface area (Å²) < 4.78 is 28.5. The normalized spacial score (nSPS) is 16.4. The number of amides is 1. The first-order valence-electron chi connectivity index (χ1n) is 10.5. The van der Waals surface area contributed by atoms with E-state index < -0.39 is 16.1 Å². The molecule has 0 fully saturated rings. The van der Waals surface area contributed by atoms with E-state index in [0.29, 0.717) is 24.5 Å². The van der Waals surface area contributed by atoms with Crippen molar-refractivity contribution in [2.24, 2.45) is 0 Å². The van der Waals surface area contributed by atoms with Crippen LogP contribution in [0.2, 0.25) is 5.02 Å². The zero-order chi connectivity index (χ0) is 22.7. The second kappa shape index (κ2) is 9.45. The van der Waals surface area contributed by atoms with E-state index in [0.717, 1.165) is 22.3 Å². The fourth-order valence-corrected chi connectivity index (χ4v) is 5.89. The Morgan fingerprint density at radius 3 is 2.56 bits per heavy atom. The number of halogens is 1. The van der Waals surface area contributed by atoms with Crippen LogP contribution in [0.1, 0.15) is 34.7 Å². The molecule has 166 valence electrons. The van der Waals surface area contributed by atoms with Crippen LogP contribution >= 0.6 is 11.6 Å². The molecule has 4 rings (SSSR count). The Hall–Kier alpha value is -2.67. The van der Waals surface area contributed by atoms with Gasteiger partial charge in [-0.25, -0.2) is 8.42 Å². The Labute approximate surface area is 194 Å². The molecule has 0 saturated heterocycles. The van der Waals surface area contributed by atoms with Gasteiger partial charge in [0.05, 0.1) is 10.9 Å². The van der Waals surface area contributed by atoms with Crippen LogP contribution in [0.5, 0.6) is 0 Å². The number of sulfonamides is 1. The average Bonchev–Trinajstić information content (AvgIpc) is 2.78. The van der Waals surface area contributed by atoms with Gasteiger partial charge in [-0.2, -0.15) is 4.31 Å². The highest BCUT2D eigenvalue weighted by atomic mass is 35.5. The van der Waals surface area contributed by atoms with E-state index >= 15 is 0 Å². The molecule has 1 heterocycles. The van der Waals surface area contributed by atoms with Crippen molar-refractivity contribution in [3.05, 3.63) is 100 Å². The molecule has 0 spiro atoms. The van der Waals surface area contributed by atoms with Crippen molar-refractivity contribution in [2.75, 3.05) is 6.54 Å². The van der Waals surface area contributed by atoms with Crippen LogP contribution in [0, 0.1) is 6.92 Å². The smallest absolute Gasteiger partial charge is 0.243 e. The predicted octanol–water partition coefficient (Wildman–Crippen LogP) is 4.64. The summed E-state index contributed by atoms with van der Waals surface area (Å²) in [6, 6.07) is 21.3. The molecule has 1 aliphatic rings. The topological polar surface area (TPSA) is 66.5 Å². The number of aryl methyl sites for hydroxylation is 1. The van der Waals surface area contributed by atoms with Crippen molar-refractivity contribution in [3.63, 3.8) is 0 Å². The monoisotopic (exact) mass is 468 g/mol. The highest BCUT2D eigenvalue weighted by molar-refractivity contribution is 7.89. The van der Waals surface area contributed by atoms with Gasteiger partial charge in [-0.05, 0) is 54.3 Å². The summed E-state index contributed by atoms with van der Waals surface area (Å²) in [6.07, 6.45) is 0.657. The quantitative estimate of drug-likeness (QED) is 0.573. The van der Waals surface area contributed by atoms with Crippen molar-refractivity contribution in [2.45, 2.75) is 37.2 Å².